The average Bonchev–Trinajstić information content (AvgIpc) is 2.53. The minimum atomic E-state index is -0.966. The molecule has 3 amide bonds. The van der Waals surface area contributed by atoms with E-state index in [1.165, 1.54) is 4.90 Å². The van der Waals surface area contributed by atoms with Gasteiger partial charge in [-0.25, -0.2) is 4.79 Å². The second-order valence-corrected chi connectivity index (χ2v) is 5.35. The first-order chi connectivity index (χ1) is 10.5. The van der Waals surface area contributed by atoms with Crippen LogP contribution in [0.4, 0.5) is 4.79 Å². The zero-order chi connectivity index (χ0) is 16.1. The van der Waals surface area contributed by atoms with Crippen LogP contribution in [0.5, 0.6) is 0 Å². The van der Waals surface area contributed by atoms with Gasteiger partial charge in [-0.3, -0.25) is 20.4 Å². The fourth-order valence-electron chi connectivity index (χ4n) is 2.33. The number of carbonyl (C=O) groups excluding carboxylic acids is 2. The van der Waals surface area contributed by atoms with Crippen LogP contribution in [0, 0.1) is 12.8 Å². The minimum absolute atomic E-state index is 0.283. The van der Waals surface area contributed by atoms with Gasteiger partial charge >= 0.3 is 6.09 Å². The summed E-state index contributed by atoms with van der Waals surface area (Å²) in [6.45, 7) is 2.59. The standard InChI is InChI=1S/C15H19N3O4/c1-10-2-4-11(5-3-10)13(19)16-17-14(20)12-6-8-18(9-7-12)15(21)22/h2-5,12H,6-9H2,1H3,(H,16,19)(H,17,20)(H,21,22). The van der Waals surface area contributed by atoms with Crippen molar-refractivity contribution in [2.45, 2.75) is 19.8 Å². The first-order valence-corrected chi connectivity index (χ1v) is 7.12. The predicted molar refractivity (Wildman–Crippen MR) is 79.1 cm³/mol. The number of likely N-dealkylation sites (tertiary alicyclic amines) is 1. The van der Waals surface area contributed by atoms with E-state index >= 15 is 0 Å². The Labute approximate surface area is 128 Å². The van der Waals surface area contributed by atoms with E-state index in [4.69, 9.17) is 5.11 Å². The molecular weight excluding hydrogens is 286 g/mol. The van der Waals surface area contributed by atoms with Crippen LogP contribution in [0.2, 0.25) is 0 Å². The molecule has 0 atom stereocenters. The Balaban J connectivity index is 1.79. The van der Waals surface area contributed by atoms with Gasteiger partial charge in [-0.2, -0.15) is 0 Å². The van der Waals surface area contributed by atoms with Crippen LogP contribution in [-0.2, 0) is 4.79 Å². The van der Waals surface area contributed by atoms with Crippen LogP contribution in [0.15, 0.2) is 24.3 Å². The lowest BCUT2D eigenvalue weighted by atomic mass is 9.96. The maximum Gasteiger partial charge on any atom is 0.407 e. The Hall–Kier alpha value is -2.57. The molecule has 1 saturated heterocycles. The number of nitrogens with zero attached hydrogens (tertiary/aromatic N) is 1. The van der Waals surface area contributed by atoms with E-state index in [0.29, 0.717) is 31.5 Å². The lowest BCUT2D eigenvalue weighted by molar-refractivity contribution is -0.127. The quantitative estimate of drug-likeness (QED) is 0.714. The van der Waals surface area contributed by atoms with Crippen LogP contribution < -0.4 is 10.9 Å². The molecule has 0 unspecified atom stereocenters. The number of carboxylic acid groups (broad SMARTS) is 1. The SMILES string of the molecule is Cc1ccc(C(=O)NNC(=O)C2CCN(C(=O)O)CC2)cc1. The van der Waals surface area contributed by atoms with Gasteiger partial charge in [0.15, 0.2) is 0 Å². The predicted octanol–water partition coefficient (Wildman–Crippen LogP) is 1.15. The van der Waals surface area contributed by atoms with Crippen LogP contribution >= 0.6 is 0 Å². The van der Waals surface area contributed by atoms with Crippen LogP contribution in [0.3, 0.4) is 0 Å². The fourth-order valence-corrected chi connectivity index (χ4v) is 2.33. The number of benzene rings is 1. The third-order valence-corrected chi connectivity index (χ3v) is 3.75. The normalized spacial score (nSPS) is 15.2. The van der Waals surface area contributed by atoms with Gasteiger partial charge in [0.25, 0.3) is 5.91 Å². The number of hydrazine groups is 1. The second-order valence-electron chi connectivity index (χ2n) is 5.35. The highest BCUT2D eigenvalue weighted by Crippen LogP contribution is 2.17. The molecule has 2 rings (SSSR count). The molecule has 0 spiro atoms. The first kappa shape index (κ1) is 15.8. The molecule has 1 heterocycles. The average molecular weight is 305 g/mol. The number of hydrogen-bond donors (Lipinski definition) is 3. The number of carbonyl (C=O) groups is 3. The highest BCUT2D eigenvalue weighted by Gasteiger charge is 2.27. The second kappa shape index (κ2) is 6.93. The number of hydrogen-bond acceptors (Lipinski definition) is 3. The van der Waals surface area contributed by atoms with Crippen molar-refractivity contribution in [2.75, 3.05) is 13.1 Å². The molecule has 1 aromatic rings. The lowest BCUT2D eigenvalue weighted by Crippen LogP contribution is -2.48. The molecule has 22 heavy (non-hydrogen) atoms. The van der Waals surface area contributed by atoms with Crippen LogP contribution in [0.1, 0.15) is 28.8 Å². The summed E-state index contributed by atoms with van der Waals surface area (Å²) in [6, 6.07) is 7.00. The molecule has 1 aliphatic heterocycles. The summed E-state index contributed by atoms with van der Waals surface area (Å²) in [6.07, 6.45) is -0.0524. The molecular formula is C15H19N3O4. The van der Waals surface area contributed by atoms with Crippen molar-refractivity contribution < 1.29 is 19.5 Å². The molecule has 0 aliphatic carbocycles. The van der Waals surface area contributed by atoms with Crippen molar-refractivity contribution in [3.05, 3.63) is 35.4 Å². The third kappa shape index (κ3) is 3.97. The highest BCUT2D eigenvalue weighted by atomic mass is 16.4. The van der Waals surface area contributed by atoms with E-state index in [-0.39, 0.29) is 17.7 Å². The number of amides is 3. The Bertz CT molecular complexity index is 563. The molecule has 3 N–H and O–H groups in total. The van der Waals surface area contributed by atoms with E-state index in [9.17, 15) is 14.4 Å². The summed E-state index contributed by atoms with van der Waals surface area (Å²) in [5.74, 6) is -0.948. The van der Waals surface area contributed by atoms with E-state index in [0.717, 1.165) is 5.56 Å². The molecule has 0 bridgehead atoms. The zero-order valence-electron chi connectivity index (χ0n) is 12.3. The van der Waals surface area contributed by atoms with E-state index < -0.39 is 6.09 Å². The molecule has 118 valence electrons. The molecule has 1 fully saturated rings. The molecule has 1 aliphatic rings. The molecule has 0 aromatic heterocycles. The van der Waals surface area contributed by atoms with Gasteiger partial charge in [-0.1, -0.05) is 17.7 Å². The van der Waals surface area contributed by atoms with Crippen molar-refractivity contribution in [2.24, 2.45) is 5.92 Å². The monoisotopic (exact) mass is 305 g/mol. The summed E-state index contributed by atoms with van der Waals surface area (Å²) >= 11 is 0. The number of nitrogens with one attached hydrogen (secondary N) is 2. The van der Waals surface area contributed by atoms with Crippen LogP contribution in [0.25, 0.3) is 0 Å². The summed E-state index contributed by atoms with van der Waals surface area (Å²) in [5.41, 5.74) is 6.30. The molecule has 1 aromatic carbocycles. The van der Waals surface area contributed by atoms with Gasteiger partial charge in [0.05, 0.1) is 0 Å². The zero-order valence-corrected chi connectivity index (χ0v) is 12.3. The molecule has 7 heteroatoms. The fraction of sp³-hybridized carbons (Fsp3) is 0.400. The summed E-state index contributed by atoms with van der Waals surface area (Å²) < 4.78 is 0. The lowest BCUT2D eigenvalue weighted by Gasteiger charge is -2.29. The molecule has 0 saturated carbocycles. The maximum atomic E-state index is 12.0. The van der Waals surface area contributed by atoms with Gasteiger partial charge in [0, 0.05) is 24.6 Å². The maximum absolute atomic E-state index is 12.0. The van der Waals surface area contributed by atoms with E-state index in [2.05, 4.69) is 10.9 Å². The molecule has 7 nitrogen and oxygen atoms in total. The van der Waals surface area contributed by atoms with Crippen molar-refractivity contribution in [1.29, 1.82) is 0 Å². The van der Waals surface area contributed by atoms with Gasteiger partial charge in [0.1, 0.15) is 0 Å². The van der Waals surface area contributed by atoms with E-state index in [1.807, 2.05) is 19.1 Å². The third-order valence-electron chi connectivity index (χ3n) is 3.75. The number of rotatable bonds is 2. The number of piperidine rings is 1. The van der Waals surface area contributed by atoms with E-state index in [1.54, 1.807) is 12.1 Å². The summed E-state index contributed by atoms with van der Waals surface area (Å²) in [5, 5.41) is 8.85. The van der Waals surface area contributed by atoms with Crippen molar-refractivity contribution in [1.82, 2.24) is 15.8 Å². The van der Waals surface area contributed by atoms with Gasteiger partial charge in [-0.05, 0) is 31.9 Å². The number of aryl methyl sites for hydroxylation is 1. The van der Waals surface area contributed by atoms with Crippen LogP contribution in [-0.4, -0.2) is 41.0 Å². The smallest absolute Gasteiger partial charge is 0.407 e. The van der Waals surface area contributed by atoms with Crippen molar-refractivity contribution in [3.8, 4) is 0 Å². The Morgan fingerprint density at radius 1 is 1.09 bits per heavy atom. The highest BCUT2D eigenvalue weighted by molar-refractivity contribution is 5.95. The summed E-state index contributed by atoms with van der Waals surface area (Å²) in [7, 11) is 0. The first-order valence-electron chi connectivity index (χ1n) is 7.12. The van der Waals surface area contributed by atoms with Gasteiger partial charge in [0.2, 0.25) is 5.91 Å². The van der Waals surface area contributed by atoms with Gasteiger partial charge in [-0.15, -0.1) is 0 Å². The summed E-state index contributed by atoms with van der Waals surface area (Å²) in [4.78, 5) is 35.9. The topological polar surface area (TPSA) is 98.7 Å². The Morgan fingerprint density at radius 2 is 1.68 bits per heavy atom. The minimum Gasteiger partial charge on any atom is -0.465 e. The Kier molecular flexibility index (Phi) is 4.98. The van der Waals surface area contributed by atoms with Crippen molar-refractivity contribution in [3.63, 3.8) is 0 Å². The Morgan fingerprint density at radius 3 is 2.23 bits per heavy atom. The van der Waals surface area contributed by atoms with Gasteiger partial charge < -0.3 is 10.0 Å². The molecule has 0 radical (unpaired) electrons. The largest absolute Gasteiger partial charge is 0.465 e. The van der Waals surface area contributed by atoms with Crippen molar-refractivity contribution >= 4 is 17.9 Å².